The summed E-state index contributed by atoms with van der Waals surface area (Å²) in [6, 6.07) is 13.1. The molecule has 0 bridgehead atoms. The van der Waals surface area contributed by atoms with Crippen molar-refractivity contribution in [2.45, 2.75) is 13.5 Å². The highest BCUT2D eigenvalue weighted by molar-refractivity contribution is 5.60. The largest absolute Gasteiger partial charge is 0.379 e. The van der Waals surface area contributed by atoms with Gasteiger partial charge >= 0.3 is 0 Å². The second kappa shape index (κ2) is 5.75. The fraction of sp³-hybridized carbons (Fsp3) is 0.125. The monoisotopic (exact) mass is 282 g/mol. The van der Waals surface area contributed by atoms with Gasteiger partial charge in [-0.05, 0) is 36.2 Å². The Labute approximate surface area is 122 Å². The first-order valence-corrected chi connectivity index (χ1v) is 6.68. The van der Waals surface area contributed by atoms with Crippen LogP contribution in [0, 0.1) is 12.7 Å². The number of anilines is 1. The molecule has 21 heavy (non-hydrogen) atoms. The van der Waals surface area contributed by atoms with Crippen LogP contribution in [-0.2, 0) is 6.54 Å². The van der Waals surface area contributed by atoms with Gasteiger partial charge in [-0.1, -0.05) is 29.5 Å². The molecule has 3 rings (SSSR count). The van der Waals surface area contributed by atoms with Gasteiger partial charge in [-0.15, -0.1) is 5.10 Å². The van der Waals surface area contributed by atoms with Crippen molar-refractivity contribution in [3.63, 3.8) is 0 Å². The highest BCUT2D eigenvalue weighted by Gasteiger charge is 2.05. The third kappa shape index (κ3) is 2.91. The molecule has 1 N–H and O–H groups in total. The SMILES string of the molecule is Cc1ccc(CNc2ccccc2-n2ccnn2)cc1F. The van der Waals surface area contributed by atoms with E-state index >= 15 is 0 Å². The predicted octanol–water partition coefficient (Wildman–Crippen LogP) is 3.33. The molecular weight excluding hydrogens is 267 g/mol. The summed E-state index contributed by atoms with van der Waals surface area (Å²) in [5.41, 5.74) is 3.37. The fourth-order valence-corrected chi connectivity index (χ4v) is 2.10. The molecule has 2 aromatic carbocycles. The Bertz CT molecular complexity index is 738. The summed E-state index contributed by atoms with van der Waals surface area (Å²) in [7, 11) is 0. The van der Waals surface area contributed by atoms with Crippen LogP contribution in [0.25, 0.3) is 5.69 Å². The lowest BCUT2D eigenvalue weighted by Crippen LogP contribution is -2.05. The fourth-order valence-electron chi connectivity index (χ4n) is 2.10. The second-order valence-corrected chi connectivity index (χ2v) is 4.80. The molecule has 1 heterocycles. The highest BCUT2D eigenvalue weighted by atomic mass is 19.1. The maximum atomic E-state index is 13.6. The average molecular weight is 282 g/mol. The third-order valence-corrected chi connectivity index (χ3v) is 3.29. The molecule has 106 valence electrons. The van der Waals surface area contributed by atoms with Gasteiger partial charge in [0.1, 0.15) is 5.82 Å². The van der Waals surface area contributed by atoms with Gasteiger partial charge in [0.2, 0.25) is 0 Å². The molecule has 0 atom stereocenters. The number of halogens is 1. The first-order valence-electron chi connectivity index (χ1n) is 6.68. The van der Waals surface area contributed by atoms with E-state index in [-0.39, 0.29) is 5.82 Å². The number of hydrogen-bond acceptors (Lipinski definition) is 3. The van der Waals surface area contributed by atoms with Gasteiger partial charge in [-0.3, -0.25) is 0 Å². The average Bonchev–Trinajstić information content (AvgIpc) is 3.03. The highest BCUT2D eigenvalue weighted by Crippen LogP contribution is 2.20. The van der Waals surface area contributed by atoms with Gasteiger partial charge < -0.3 is 5.32 Å². The number of aryl methyl sites for hydroxylation is 1. The lowest BCUT2D eigenvalue weighted by molar-refractivity contribution is 0.616. The summed E-state index contributed by atoms with van der Waals surface area (Å²) in [5.74, 6) is -0.182. The van der Waals surface area contributed by atoms with Gasteiger partial charge in [0.05, 0.1) is 23.8 Å². The lowest BCUT2D eigenvalue weighted by atomic mass is 10.1. The summed E-state index contributed by atoms with van der Waals surface area (Å²) >= 11 is 0. The molecule has 0 radical (unpaired) electrons. The van der Waals surface area contributed by atoms with Crippen LogP contribution in [0.1, 0.15) is 11.1 Å². The van der Waals surface area contributed by atoms with Gasteiger partial charge in [0.15, 0.2) is 0 Å². The first kappa shape index (κ1) is 13.3. The molecule has 0 aliphatic heterocycles. The van der Waals surface area contributed by atoms with E-state index in [4.69, 9.17) is 0 Å². The number of hydrogen-bond donors (Lipinski definition) is 1. The van der Waals surface area contributed by atoms with E-state index < -0.39 is 0 Å². The summed E-state index contributed by atoms with van der Waals surface area (Å²) < 4.78 is 15.2. The normalized spacial score (nSPS) is 10.6. The van der Waals surface area contributed by atoms with Crippen molar-refractivity contribution in [2.75, 3.05) is 5.32 Å². The number of aromatic nitrogens is 3. The molecule has 0 aliphatic rings. The van der Waals surface area contributed by atoms with Gasteiger partial charge in [-0.2, -0.15) is 0 Å². The van der Waals surface area contributed by atoms with E-state index in [9.17, 15) is 4.39 Å². The van der Waals surface area contributed by atoms with Gasteiger partial charge in [0.25, 0.3) is 0 Å². The van der Waals surface area contributed by atoms with Crippen LogP contribution in [0.3, 0.4) is 0 Å². The van der Waals surface area contributed by atoms with Crippen LogP contribution < -0.4 is 5.32 Å². The molecule has 5 heteroatoms. The van der Waals surface area contributed by atoms with Crippen molar-refractivity contribution >= 4 is 5.69 Å². The van der Waals surface area contributed by atoms with E-state index in [2.05, 4.69) is 15.6 Å². The van der Waals surface area contributed by atoms with Crippen LogP contribution in [0.5, 0.6) is 0 Å². The van der Waals surface area contributed by atoms with Crippen molar-refractivity contribution in [3.8, 4) is 5.69 Å². The molecule has 3 aromatic rings. The van der Waals surface area contributed by atoms with Gasteiger partial charge in [-0.25, -0.2) is 9.07 Å². The zero-order chi connectivity index (χ0) is 14.7. The predicted molar refractivity (Wildman–Crippen MR) is 79.8 cm³/mol. The minimum absolute atomic E-state index is 0.182. The Balaban J connectivity index is 1.81. The zero-order valence-corrected chi connectivity index (χ0v) is 11.6. The number of benzene rings is 2. The molecule has 0 aliphatic carbocycles. The minimum atomic E-state index is -0.182. The van der Waals surface area contributed by atoms with Crippen molar-refractivity contribution in [2.24, 2.45) is 0 Å². The number of nitrogens with zero attached hydrogens (tertiary/aromatic N) is 3. The number of para-hydroxylation sites is 2. The Morgan fingerprint density at radius 1 is 1.19 bits per heavy atom. The van der Waals surface area contributed by atoms with Crippen LogP contribution >= 0.6 is 0 Å². The van der Waals surface area contributed by atoms with E-state index in [1.807, 2.05) is 30.3 Å². The molecule has 0 saturated heterocycles. The Morgan fingerprint density at radius 3 is 2.81 bits per heavy atom. The van der Waals surface area contributed by atoms with E-state index in [1.165, 1.54) is 0 Å². The molecule has 0 amide bonds. The van der Waals surface area contributed by atoms with E-state index in [1.54, 1.807) is 36.1 Å². The lowest BCUT2D eigenvalue weighted by Gasteiger charge is -2.12. The summed E-state index contributed by atoms with van der Waals surface area (Å²) in [5, 5.41) is 11.1. The molecular formula is C16H15FN4. The molecule has 0 saturated carbocycles. The Kier molecular flexibility index (Phi) is 3.64. The Hall–Kier alpha value is -2.69. The number of rotatable bonds is 4. The van der Waals surface area contributed by atoms with Crippen molar-refractivity contribution in [3.05, 3.63) is 71.8 Å². The second-order valence-electron chi connectivity index (χ2n) is 4.80. The smallest absolute Gasteiger partial charge is 0.126 e. The van der Waals surface area contributed by atoms with Crippen molar-refractivity contribution in [1.29, 1.82) is 0 Å². The minimum Gasteiger partial charge on any atom is -0.379 e. The summed E-state index contributed by atoms with van der Waals surface area (Å²) in [6.07, 6.45) is 3.41. The standard InChI is InChI=1S/C16H15FN4/c1-12-6-7-13(10-14(12)17)11-18-15-4-2-3-5-16(15)21-9-8-19-20-21/h2-10,18H,11H2,1H3. The van der Waals surface area contributed by atoms with Crippen LogP contribution in [0.4, 0.5) is 10.1 Å². The number of nitrogens with one attached hydrogen (secondary N) is 1. The molecule has 1 aromatic heterocycles. The van der Waals surface area contributed by atoms with Crippen molar-refractivity contribution < 1.29 is 4.39 Å². The zero-order valence-electron chi connectivity index (χ0n) is 11.6. The van der Waals surface area contributed by atoms with Crippen LogP contribution in [0.2, 0.25) is 0 Å². The van der Waals surface area contributed by atoms with Crippen molar-refractivity contribution in [1.82, 2.24) is 15.0 Å². The Morgan fingerprint density at radius 2 is 2.05 bits per heavy atom. The van der Waals surface area contributed by atoms with E-state index in [0.717, 1.165) is 16.9 Å². The van der Waals surface area contributed by atoms with Crippen LogP contribution in [-0.4, -0.2) is 15.0 Å². The molecule has 0 fully saturated rings. The third-order valence-electron chi connectivity index (χ3n) is 3.29. The van der Waals surface area contributed by atoms with E-state index in [0.29, 0.717) is 12.1 Å². The summed E-state index contributed by atoms with van der Waals surface area (Å²) in [4.78, 5) is 0. The molecule has 4 nitrogen and oxygen atoms in total. The molecule has 0 unspecified atom stereocenters. The maximum absolute atomic E-state index is 13.6. The quantitative estimate of drug-likeness (QED) is 0.798. The topological polar surface area (TPSA) is 42.7 Å². The summed E-state index contributed by atoms with van der Waals surface area (Å²) in [6.45, 7) is 2.30. The molecule has 0 spiro atoms. The van der Waals surface area contributed by atoms with Crippen LogP contribution in [0.15, 0.2) is 54.9 Å². The van der Waals surface area contributed by atoms with Gasteiger partial charge in [0, 0.05) is 6.54 Å². The maximum Gasteiger partial charge on any atom is 0.126 e. The first-order chi connectivity index (χ1) is 10.2.